The van der Waals surface area contributed by atoms with Crippen LogP contribution in [0.5, 0.6) is 5.75 Å². The first kappa shape index (κ1) is 23.1. The molecule has 1 aromatic carbocycles. The van der Waals surface area contributed by atoms with Crippen LogP contribution in [-0.4, -0.2) is 31.8 Å². The van der Waals surface area contributed by atoms with E-state index in [0.717, 1.165) is 48.1 Å². The summed E-state index contributed by atoms with van der Waals surface area (Å²) in [5, 5.41) is 0. The molecule has 2 unspecified atom stereocenters. The predicted molar refractivity (Wildman–Crippen MR) is 113 cm³/mol. The Morgan fingerprint density at radius 3 is 2.29 bits per heavy atom. The van der Waals surface area contributed by atoms with Gasteiger partial charge in [-0.3, -0.25) is 13.9 Å². The molecule has 0 spiro atoms. The lowest BCUT2D eigenvalue weighted by Crippen LogP contribution is -2.25. The molecule has 0 fully saturated rings. The number of rotatable bonds is 8. The standard InChI is InChI=1S/C22H35O5P/c1-8-26-28(24,9-2)27-15(3)20(23)18-14-19(22(4,5)6)21(25-7)17-13-11-10-12-16(17)18/h14-15H,8-13H2,1-7H3. The summed E-state index contributed by atoms with van der Waals surface area (Å²) < 4.78 is 29.5. The summed E-state index contributed by atoms with van der Waals surface area (Å²) in [5.74, 6) is 0.764. The topological polar surface area (TPSA) is 61.8 Å². The Labute approximate surface area is 169 Å². The first-order valence-electron chi connectivity index (χ1n) is 10.3. The molecule has 158 valence electrons. The molecule has 2 rings (SSSR count). The number of carbonyl (C=O) groups is 1. The Morgan fingerprint density at radius 1 is 1.18 bits per heavy atom. The molecule has 1 aliphatic rings. The van der Waals surface area contributed by atoms with Gasteiger partial charge >= 0.3 is 7.60 Å². The van der Waals surface area contributed by atoms with Gasteiger partial charge < -0.3 is 9.26 Å². The summed E-state index contributed by atoms with van der Waals surface area (Å²) in [4.78, 5) is 13.4. The molecule has 1 aliphatic carbocycles. The summed E-state index contributed by atoms with van der Waals surface area (Å²) >= 11 is 0. The normalized spacial score (nSPS) is 17.5. The Kier molecular flexibility index (Phi) is 7.52. The van der Waals surface area contributed by atoms with Gasteiger partial charge in [-0.25, -0.2) is 0 Å². The second-order valence-electron chi connectivity index (χ2n) is 8.38. The molecule has 6 heteroatoms. The maximum atomic E-state index is 13.4. The third-order valence-electron chi connectivity index (χ3n) is 5.28. The van der Waals surface area contributed by atoms with Crippen LogP contribution >= 0.6 is 7.60 Å². The molecule has 2 atom stereocenters. The van der Waals surface area contributed by atoms with E-state index in [1.54, 1.807) is 27.9 Å². The van der Waals surface area contributed by atoms with Gasteiger partial charge in [0.2, 0.25) is 0 Å². The summed E-state index contributed by atoms with van der Waals surface area (Å²) in [6.07, 6.45) is 3.31. The van der Waals surface area contributed by atoms with Crippen LogP contribution < -0.4 is 4.74 Å². The van der Waals surface area contributed by atoms with Crippen molar-refractivity contribution in [1.29, 1.82) is 0 Å². The number of Topliss-reactive ketones (excluding diaryl/α,β-unsaturated/α-hetero) is 1. The van der Waals surface area contributed by atoms with Crippen LogP contribution in [0.1, 0.15) is 81.4 Å². The molecular weight excluding hydrogens is 375 g/mol. The fourth-order valence-corrected chi connectivity index (χ4v) is 5.19. The predicted octanol–water partition coefficient (Wildman–Crippen LogP) is 5.71. The van der Waals surface area contributed by atoms with Crippen molar-refractivity contribution in [2.75, 3.05) is 19.9 Å². The lowest BCUT2D eigenvalue weighted by Gasteiger charge is -2.30. The van der Waals surface area contributed by atoms with E-state index >= 15 is 0 Å². The van der Waals surface area contributed by atoms with E-state index in [2.05, 4.69) is 20.8 Å². The highest BCUT2D eigenvalue weighted by Gasteiger charge is 2.33. The highest BCUT2D eigenvalue weighted by Crippen LogP contribution is 2.49. The maximum absolute atomic E-state index is 13.4. The Hall–Kier alpha value is -1.16. The van der Waals surface area contributed by atoms with Gasteiger partial charge in [0.15, 0.2) is 5.78 Å². The van der Waals surface area contributed by atoms with Crippen LogP contribution in [0, 0.1) is 0 Å². The van der Waals surface area contributed by atoms with Crippen LogP contribution in [0.3, 0.4) is 0 Å². The second kappa shape index (κ2) is 9.11. The van der Waals surface area contributed by atoms with E-state index in [4.69, 9.17) is 13.8 Å². The van der Waals surface area contributed by atoms with Crippen molar-refractivity contribution in [1.82, 2.24) is 0 Å². The minimum Gasteiger partial charge on any atom is -0.496 e. The van der Waals surface area contributed by atoms with Crippen LogP contribution in [0.4, 0.5) is 0 Å². The molecular formula is C22H35O5P. The smallest absolute Gasteiger partial charge is 0.331 e. The average molecular weight is 410 g/mol. The number of methoxy groups -OCH3 is 1. The summed E-state index contributed by atoms with van der Waals surface area (Å²) in [5.41, 5.74) is 3.72. The average Bonchev–Trinajstić information content (AvgIpc) is 2.65. The zero-order valence-electron chi connectivity index (χ0n) is 18.4. The molecule has 0 radical (unpaired) electrons. The lowest BCUT2D eigenvalue weighted by atomic mass is 9.77. The van der Waals surface area contributed by atoms with Crippen LogP contribution in [0.2, 0.25) is 0 Å². The number of benzene rings is 1. The number of carbonyl (C=O) groups excluding carboxylic acids is 1. The zero-order chi connectivity index (χ0) is 21.1. The van der Waals surface area contributed by atoms with E-state index in [1.165, 1.54) is 0 Å². The lowest BCUT2D eigenvalue weighted by molar-refractivity contribution is 0.0776. The van der Waals surface area contributed by atoms with Crippen molar-refractivity contribution in [3.05, 3.63) is 28.3 Å². The fraction of sp³-hybridized carbons (Fsp3) is 0.682. The van der Waals surface area contributed by atoms with E-state index in [1.807, 2.05) is 6.07 Å². The van der Waals surface area contributed by atoms with Gasteiger partial charge in [0.05, 0.1) is 13.7 Å². The number of hydrogen-bond acceptors (Lipinski definition) is 5. The van der Waals surface area contributed by atoms with Crippen molar-refractivity contribution in [3.8, 4) is 5.75 Å². The van der Waals surface area contributed by atoms with Crippen LogP contribution in [0.15, 0.2) is 6.07 Å². The SMILES string of the molecule is CCOP(=O)(CC)OC(C)C(=O)c1cc(C(C)(C)C)c(OC)c2c1CCCC2. The Morgan fingerprint density at radius 2 is 1.79 bits per heavy atom. The molecule has 0 aliphatic heterocycles. The van der Waals surface area contributed by atoms with Crippen LogP contribution in [-0.2, 0) is 31.9 Å². The van der Waals surface area contributed by atoms with E-state index in [-0.39, 0.29) is 24.0 Å². The van der Waals surface area contributed by atoms with E-state index in [9.17, 15) is 9.36 Å². The van der Waals surface area contributed by atoms with Gasteiger partial charge in [0.1, 0.15) is 11.9 Å². The quantitative estimate of drug-likeness (QED) is 0.406. The molecule has 28 heavy (non-hydrogen) atoms. The van der Waals surface area contributed by atoms with Crippen molar-refractivity contribution in [3.63, 3.8) is 0 Å². The highest BCUT2D eigenvalue weighted by molar-refractivity contribution is 7.53. The number of ether oxygens (including phenoxy) is 1. The van der Waals surface area contributed by atoms with Crippen molar-refractivity contribution in [2.24, 2.45) is 0 Å². The molecule has 5 nitrogen and oxygen atoms in total. The van der Waals surface area contributed by atoms with Crippen molar-refractivity contribution >= 4 is 13.4 Å². The van der Waals surface area contributed by atoms with Crippen molar-refractivity contribution in [2.45, 2.75) is 78.7 Å². The highest BCUT2D eigenvalue weighted by atomic mass is 31.2. The Balaban J connectivity index is 2.52. The monoisotopic (exact) mass is 410 g/mol. The van der Waals surface area contributed by atoms with Crippen LogP contribution in [0.25, 0.3) is 0 Å². The maximum Gasteiger partial charge on any atom is 0.331 e. The number of fused-ring (bicyclic) bond motifs is 1. The molecule has 0 amide bonds. The van der Waals surface area contributed by atoms with Gasteiger partial charge in [0.25, 0.3) is 0 Å². The Bertz CT molecular complexity index is 763. The largest absolute Gasteiger partial charge is 0.496 e. The van der Waals surface area contributed by atoms with E-state index < -0.39 is 13.7 Å². The van der Waals surface area contributed by atoms with Gasteiger partial charge in [-0.1, -0.05) is 27.7 Å². The third kappa shape index (κ3) is 4.87. The van der Waals surface area contributed by atoms with Gasteiger partial charge in [-0.2, -0.15) is 0 Å². The van der Waals surface area contributed by atoms with Gasteiger partial charge in [-0.05, 0) is 62.1 Å². The molecule has 1 aromatic rings. The summed E-state index contributed by atoms with van der Waals surface area (Å²) in [6.45, 7) is 11.8. The molecule has 0 N–H and O–H groups in total. The number of ketones is 1. The first-order chi connectivity index (χ1) is 13.1. The first-order valence-corrected chi connectivity index (χ1v) is 12.0. The fourth-order valence-electron chi connectivity index (χ4n) is 3.82. The molecule has 0 saturated heterocycles. The second-order valence-corrected chi connectivity index (χ2v) is 10.7. The zero-order valence-corrected chi connectivity index (χ0v) is 19.3. The van der Waals surface area contributed by atoms with Gasteiger partial charge in [-0.15, -0.1) is 0 Å². The molecule has 0 heterocycles. The molecule has 0 aromatic heterocycles. The number of hydrogen-bond donors (Lipinski definition) is 0. The minimum atomic E-state index is -3.26. The molecule has 0 saturated carbocycles. The summed E-state index contributed by atoms with van der Waals surface area (Å²) in [6, 6.07) is 1.96. The van der Waals surface area contributed by atoms with Crippen molar-refractivity contribution < 1.29 is 23.1 Å². The molecule has 0 bridgehead atoms. The minimum absolute atomic E-state index is 0.139. The summed E-state index contributed by atoms with van der Waals surface area (Å²) in [7, 11) is -1.56. The van der Waals surface area contributed by atoms with Gasteiger partial charge in [0, 0.05) is 17.3 Å². The third-order valence-corrected chi connectivity index (χ3v) is 7.34. The van der Waals surface area contributed by atoms with E-state index in [0.29, 0.717) is 5.56 Å².